The Hall–Kier alpha value is -2.37. The van der Waals surface area contributed by atoms with E-state index in [2.05, 4.69) is 17.0 Å². The second-order valence-electron chi connectivity index (χ2n) is 8.01. The maximum absolute atomic E-state index is 12.9. The van der Waals surface area contributed by atoms with Gasteiger partial charge in [0, 0.05) is 6.54 Å². The fourth-order valence-electron chi connectivity index (χ4n) is 4.24. The van der Waals surface area contributed by atoms with E-state index in [4.69, 9.17) is 9.47 Å². The molecule has 2 fully saturated rings. The third kappa shape index (κ3) is 5.58. The van der Waals surface area contributed by atoms with Gasteiger partial charge in [0.2, 0.25) is 0 Å². The van der Waals surface area contributed by atoms with Crippen LogP contribution in [-0.4, -0.2) is 54.2 Å². The predicted octanol–water partition coefficient (Wildman–Crippen LogP) is 4.08. The van der Waals surface area contributed by atoms with Crippen molar-refractivity contribution in [1.82, 2.24) is 9.80 Å². The molecule has 2 aliphatic heterocycles. The average molecular weight is 395 g/mol. The number of hydrogen-bond donors (Lipinski definition) is 0. The maximum atomic E-state index is 12.9. The van der Waals surface area contributed by atoms with Gasteiger partial charge in [-0.05, 0) is 43.5 Å². The summed E-state index contributed by atoms with van der Waals surface area (Å²) in [7, 11) is 0. The number of benzene rings is 2. The molecule has 2 saturated heterocycles. The molecule has 0 spiro atoms. The molecule has 0 saturated carbocycles. The number of ether oxygens (including phenoxy) is 2. The number of amides is 1. The number of carbonyl (C=O) groups excluding carboxylic acids is 1. The first-order valence-electron chi connectivity index (χ1n) is 10.6. The van der Waals surface area contributed by atoms with Gasteiger partial charge in [0.15, 0.2) is 0 Å². The molecule has 0 N–H and O–H groups in total. The fourth-order valence-corrected chi connectivity index (χ4v) is 4.24. The van der Waals surface area contributed by atoms with Gasteiger partial charge in [-0.15, -0.1) is 0 Å². The van der Waals surface area contributed by atoms with Gasteiger partial charge < -0.3 is 19.3 Å². The zero-order chi connectivity index (χ0) is 19.9. The molecule has 0 aliphatic carbocycles. The molecule has 0 unspecified atom stereocenters. The predicted molar refractivity (Wildman–Crippen MR) is 112 cm³/mol. The minimum Gasteiger partial charge on any atom is -0.445 e. The van der Waals surface area contributed by atoms with Crippen LogP contribution in [0.1, 0.15) is 30.4 Å². The summed E-state index contributed by atoms with van der Waals surface area (Å²) in [5.41, 5.74) is 2.17. The highest BCUT2D eigenvalue weighted by molar-refractivity contribution is 5.68. The molecule has 2 heterocycles. The van der Waals surface area contributed by atoms with E-state index in [0.717, 1.165) is 37.2 Å². The SMILES string of the molecule is O=C(OCc1ccccc1)N1C[C@@H](OCc2ccccc2)C[C@@H]1CN1CCCC1. The summed E-state index contributed by atoms with van der Waals surface area (Å²) in [5, 5.41) is 0. The third-order valence-corrected chi connectivity index (χ3v) is 5.81. The molecule has 154 valence electrons. The molecule has 29 heavy (non-hydrogen) atoms. The smallest absolute Gasteiger partial charge is 0.410 e. The van der Waals surface area contributed by atoms with Crippen molar-refractivity contribution in [3.8, 4) is 0 Å². The van der Waals surface area contributed by atoms with Crippen molar-refractivity contribution in [3.63, 3.8) is 0 Å². The highest BCUT2D eigenvalue weighted by Crippen LogP contribution is 2.25. The Morgan fingerprint density at radius 1 is 0.897 bits per heavy atom. The number of nitrogens with zero attached hydrogens (tertiary/aromatic N) is 2. The Morgan fingerprint density at radius 3 is 2.17 bits per heavy atom. The summed E-state index contributed by atoms with van der Waals surface area (Å²) in [6, 6.07) is 20.2. The second kappa shape index (κ2) is 9.90. The van der Waals surface area contributed by atoms with Crippen LogP contribution in [0.4, 0.5) is 4.79 Å². The summed E-state index contributed by atoms with van der Waals surface area (Å²) in [4.78, 5) is 17.2. The lowest BCUT2D eigenvalue weighted by atomic mass is 10.2. The lowest BCUT2D eigenvalue weighted by Gasteiger charge is -2.27. The Morgan fingerprint density at radius 2 is 1.52 bits per heavy atom. The van der Waals surface area contributed by atoms with E-state index in [1.54, 1.807) is 0 Å². The van der Waals surface area contributed by atoms with Gasteiger partial charge in [-0.2, -0.15) is 0 Å². The first kappa shape index (κ1) is 19.9. The van der Waals surface area contributed by atoms with Gasteiger partial charge in [-0.1, -0.05) is 60.7 Å². The molecular weight excluding hydrogens is 364 g/mol. The molecule has 5 nitrogen and oxygen atoms in total. The molecule has 2 aliphatic rings. The van der Waals surface area contributed by atoms with Crippen LogP contribution in [0.5, 0.6) is 0 Å². The van der Waals surface area contributed by atoms with Gasteiger partial charge in [0.05, 0.1) is 25.3 Å². The topological polar surface area (TPSA) is 42.0 Å². The van der Waals surface area contributed by atoms with E-state index in [1.807, 2.05) is 53.4 Å². The average Bonchev–Trinajstić information content (AvgIpc) is 3.42. The molecule has 0 radical (unpaired) electrons. The number of hydrogen-bond acceptors (Lipinski definition) is 4. The summed E-state index contributed by atoms with van der Waals surface area (Å²) in [6.45, 7) is 4.64. The molecule has 5 heteroatoms. The number of rotatable bonds is 7. The van der Waals surface area contributed by atoms with Crippen molar-refractivity contribution in [2.75, 3.05) is 26.2 Å². The van der Waals surface area contributed by atoms with Crippen molar-refractivity contribution < 1.29 is 14.3 Å². The molecule has 0 bridgehead atoms. The molecule has 0 aromatic heterocycles. The normalized spacial score (nSPS) is 22.1. The van der Waals surface area contributed by atoms with Crippen molar-refractivity contribution in [2.45, 2.75) is 44.6 Å². The first-order valence-corrected chi connectivity index (χ1v) is 10.6. The quantitative estimate of drug-likeness (QED) is 0.710. The van der Waals surface area contributed by atoms with E-state index >= 15 is 0 Å². The van der Waals surface area contributed by atoms with Crippen molar-refractivity contribution >= 4 is 6.09 Å². The van der Waals surface area contributed by atoms with Crippen LogP contribution >= 0.6 is 0 Å². The van der Waals surface area contributed by atoms with E-state index in [9.17, 15) is 4.79 Å². The Labute approximate surface area is 173 Å². The van der Waals surface area contributed by atoms with Crippen LogP contribution in [0.2, 0.25) is 0 Å². The van der Waals surface area contributed by atoms with Crippen molar-refractivity contribution in [1.29, 1.82) is 0 Å². The van der Waals surface area contributed by atoms with Gasteiger partial charge in [0.25, 0.3) is 0 Å². The van der Waals surface area contributed by atoms with Crippen molar-refractivity contribution in [3.05, 3.63) is 71.8 Å². The standard InChI is InChI=1S/C24H30N2O3/c27-24(29-19-21-11-5-2-6-12-21)26-17-23(28-18-20-9-3-1-4-10-20)15-22(26)16-25-13-7-8-14-25/h1-6,9-12,22-23H,7-8,13-19H2/t22-,23+/m1/s1. The maximum Gasteiger partial charge on any atom is 0.410 e. The first-order chi connectivity index (χ1) is 14.3. The largest absolute Gasteiger partial charge is 0.445 e. The molecule has 2 aromatic rings. The van der Waals surface area contributed by atoms with Gasteiger partial charge in [-0.25, -0.2) is 4.79 Å². The van der Waals surface area contributed by atoms with Crippen LogP contribution in [0.15, 0.2) is 60.7 Å². The summed E-state index contributed by atoms with van der Waals surface area (Å²) >= 11 is 0. The Bertz CT molecular complexity index is 762. The zero-order valence-electron chi connectivity index (χ0n) is 16.9. The van der Waals surface area contributed by atoms with Gasteiger partial charge >= 0.3 is 6.09 Å². The van der Waals surface area contributed by atoms with Gasteiger partial charge in [-0.3, -0.25) is 0 Å². The van der Waals surface area contributed by atoms with Gasteiger partial charge in [0.1, 0.15) is 6.61 Å². The fraction of sp³-hybridized carbons (Fsp3) is 0.458. The molecule has 2 atom stereocenters. The lowest BCUT2D eigenvalue weighted by Crippen LogP contribution is -2.42. The van der Waals surface area contributed by atoms with E-state index in [0.29, 0.717) is 19.8 Å². The van der Waals surface area contributed by atoms with Crippen LogP contribution in [0.3, 0.4) is 0 Å². The van der Waals surface area contributed by atoms with Crippen LogP contribution in [0, 0.1) is 0 Å². The molecule has 4 rings (SSSR count). The highest BCUT2D eigenvalue weighted by atomic mass is 16.6. The summed E-state index contributed by atoms with van der Waals surface area (Å²) in [5.74, 6) is 0. The Balaban J connectivity index is 1.35. The summed E-state index contributed by atoms with van der Waals surface area (Å²) in [6.07, 6.45) is 3.18. The molecule has 1 amide bonds. The number of carbonyl (C=O) groups is 1. The van der Waals surface area contributed by atoms with Crippen LogP contribution in [0.25, 0.3) is 0 Å². The van der Waals surface area contributed by atoms with Crippen molar-refractivity contribution in [2.24, 2.45) is 0 Å². The molecule has 2 aromatic carbocycles. The Kier molecular flexibility index (Phi) is 6.80. The minimum absolute atomic E-state index is 0.0482. The van der Waals surface area contributed by atoms with Crippen LogP contribution < -0.4 is 0 Å². The summed E-state index contributed by atoms with van der Waals surface area (Å²) < 4.78 is 11.8. The van der Waals surface area contributed by atoms with E-state index < -0.39 is 0 Å². The van der Waals surface area contributed by atoms with E-state index in [-0.39, 0.29) is 18.2 Å². The zero-order valence-corrected chi connectivity index (χ0v) is 16.9. The number of likely N-dealkylation sites (tertiary alicyclic amines) is 2. The second-order valence-corrected chi connectivity index (χ2v) is 8.01. The monoisotopic (exact) mass is 394 g/mol. The lowest BCUT2D eigenvalue weighted by molar-refractivity contribution is 0.0431. The molecular formula is C24H30N2O3. The van der Waals surface area contributed by atoms with E-state index in [1.165, 1.54) is 12.8 Å². The minimum atomic E-state index is -0.233. The van der Waals surface area contributed by atoms with Crippen LogP contribution in [-0.2, 0) is 22.7 Å². The third-order valence-electron chi connectivity index (χ3n) is 5.81. The highest BCUT2D eigenvalue weighted by Gasteiger charge is 2.38.